The zero-order valence-corrected chi connectivity index (χ0v) is 16.0. The van der Waals surface area contributed by atoms with Gasteiger partial charge in [0.25, 0.3) is 5.91 Å². The molecule has 144 valence electrons. The first kappa shape index (κ1) is 19.1. The Kier molecular flexibility index (Phi) is 6.22. The highest BCUT2D eigenvalue weighted by atomic mass is 16.5. The summed E-state index contributed by atoms with van der Waals surface area (Å²) in [7, 11) is 3.21. The van der Waals surface area contributed by atoms with E-state index >= 15 is 0 Å². The van der Waals surface area contributed by atoms with Gasteiger partial charge in [-0.25, -0.2) is 0 Å². The van der Waals surface area contributed by atoms with E-state index in [4.69, 9.17) is 9.47 Å². The van der Waals surface area contributed by atoms with Gasteiger partial charge in [-0.3, -0.25) is 4.79 Å². The molecule has 5 heteroatoms. The summed E-state index contributed by atoms with van der Waals surface area (Å²) in [5.74, 6) is 1.92. The molecule has 1 aliphatic heterocycles. The summed E-state index contributed by atoms with van der Waals surface area (Å²) < 4.78 is 10.3. The van der Waals surface area contributed by atoms with Crippen LogP contribution in [0, 0.1) is 5.92 Å². The van der Waals surface area contributed by atoms with E-state index in [1.54, 1.807) is 19.2 Å². The third-order valence-corrected chi connectivity index (χ3v) is 5.34. The number of rotatable bonds is 6. The van der Waals surface area contributed by atoms with Gasteiger partial charge in [0.1, 0.15) is 17.2 Å². The van der Waals surface area contributed by atoms with E-state index in [1.165, 1.54) is 18.7 Å². The van der Waals surface area contributed by atoms with Gasteiger partial charge in [-0.15, -0.1) is 0 Å². The molecule has 0 aromatic heterocycles. The van der Waals surface area contributed by atoms with Crippen molar-refractivity contribution in [2.24, 2.45) is 5.92 Å². The zero-order chi connectivity index (χ0) is 19.2. The molecule has 0 saturated carbocycles. The Labute approximate surface area is 160 Å². The molecule has 1 heterocycles. The van der Waals surface area contributed by atoms with Crippen molar-refractivity contribution in [1.82, 2.24) is 4.90 Å². The maximum atomic E-state index is 12.7. The van der Waals surface area contributed by atoms with Gasteiger partial charge in [0.2, 0.25) is 0 Å². The topological polar surface area (TPSA) is 59.0 Å². The number of nitrogens with zero attached hydrogens (tertiary/aromatic N) is 1. The molecule has 5 nitrogen and oxygen atoms in total. The van der Waals surface area contributed by atoms with Gasteiger partial charge in [-0.1, -0.05) is 12.1 Å². The number of hydrogen-bond acceptors (Lipinski definition) is 4. The number of aryl methyl sites for hydroxylation is 1. The number of hydrogen-bond donors (Lipinski definition) is 1. The number of benzene rings is 2. The monoisotopic (exact) mass is 369 g/mol. The number of amides is 1. The Morgan fingerprint density at radius 2 is 1.67 bits per heavy atom. The predicted molar refractivity (Wildman–Crippen MR) is 105 cm³/mol. The molecule has 0 unspecified atom stereocenters. The maximum absolute atomic E-state index is 12.7. The Bertz CT molecular complexity index is 764. The van der Waals surface area contributed by atoms with E-state index in [-0.39, 0.29) is 11.7 Å². The highest BCUT2D eigenvalue weighted by Crippen LogP contribution is 2.28. The van der Waals surface area contributed by atoms with Crippen molar-refractivity contribution < 1.29 is 19.4 Å². The second-order valence-corrected chi connectivity index (χ2v) is 7.01. The molecule has 3 rings (SSSR count). The van der Waals surface area contributed by atoms with E-state index in [0.717, 1.165) is 44.5 Å². The molecule has 2 aromatic rings. The molecule has 0 aliphatic carbocycles. The van der Waals surface area contributed by atoms with Gasteiger partial charge in [-0.2, -0.15) is 0 Å². The smallest absolute Gasteiger partial charge is 0.257 e. The molecular weight excluding hydrogens is 342 g/mol. The normalized spacial score (nSPS) is 14.8. The lowest BCUT2D eigenvalue weighted by Crippen LogP contribution is -2.38. The molecule has 1 amide bonds. The van der Waals surface area contributed by atoms with Crippen LogP contribution in [0.4, 0.5) is 0 Å². The van der Waals surface area contributed by atoms with Crippen LogP contribution < -0.4 is 9.47 Å². The van der Waals surface area contributed by atoms with Crippen molar-refractivity contribution in [3.63, 3.8) is 0 Å². The minimum absolute atomic E-state index is 0.0269. The van der Waals surface area contributed by atoms with Crippen LogP contribution >= 0.6 is 0 Å². The fourth-order valence-electron chi connectivity index (χ4n) is 3.58. The molecule has 1 saturated heterocycles. The van der Waals surface area contributed by atoms with E-state index < -0.39 is 0 Å². The summed E-state index contributed by atoms with van der Waals surface area (Å²) in [5.41, 5.74) is 1.66. The molecule has 2 aromatic carbocycles. The van der Waals surface area contributed by atoms with Crippen LogP contribution in [0.2, 0.25) is 0 Å². The number of methoxy groups -OCH3 is 2. The standard InChI is InChI=1S/C22H27NO4/c1-26-18-7-5-16(6-8-18)3-4-17-11-13-23(14-12-17)22(25)20-10-9-19(27-2)15-21(20)24/h5-10,15,17,24H,3-4,11-14H2,1-2H3. The van der Waals surface area contributed by atoms with Crippen molar-refractivity contribution in [2.75, 3.05) is 27.3 Å². The van der Waals surface area contributed by atoms with Crippen LogP contribution in [-0.4, -0.2) is 43.2 Å². The number of ether oxygens (including phenoxy) is 2. The maximum Gasteiger partial charge on any atom is 0.257 e. The molecular formula is C22H27NO4. The lowest BCUT2D eigenvalue weighted by molar-refractivity contribution is 0.0684. The lowest BCUT2D eigenvalue weighted by Gasteiger charge is -2.32. The highest BCUT2D eigenvalue weighted by Gasteiger charge is 2.25. The first-order valence-electron chi connectivity index (χ1n) is 9.40. The first-order chi connectivity index (χ1) is 13.1. The second kappa shape index (κ2) is 8.80. The summed E-state index contributed by atoms with van der Waals surface area (Å²) in [6, 6.07) is 13.0. The number of phenols is 1. The van der Waals surface area contributed by atoms with Crippen molar-refractivity contribution in [2.45, 2.75) is 25.7 Å². The molecule has 0 radical (unpaired) electrons. The van der Waals surface area contributed by atoms with E-state index in [0.29, 0.717) is 17.2 Å². The summed E-state index contributed by atoms with van der Waals surface area (Å²) in [4.78, 5) is 14.5. The van der Waals surface area contributed by atoms with Crippen LogP contribution in [0.5, 0.6) is 17.2 Å². The number of phenolic OH excluding ortho intramolecular Hbond substituents is 1. The molecule has 0 atom stereocenters. The Hall–Kier alpha value is -2.69. The summed E-state index contributed by atoms with van der Waals surface area (Å²) in [5, 5.41) is 10.1. The Morgan fingerprint density at radius 3 is 2.26 bits per heavy atom. The lowest BCUT2D eigenvalue weighted by atomic mass is 9.90. The molecule has 27 heavy (non-hydrogen) atoms. The van der Waals surface area contributed by atoms with Crippen molar-refractivity contribution >= 4 is 5.91 Å². The third kappa shape index (κ3) is 4.73. The van der Waals surface area contributed by atoms with Crippen LogP contribution in [0.25, 0.3) is 0 Å². The number of piperidine rings is 1. The molecule has 0 spiro atoms. The SMILES string of the molecule is COc1ccc(CCC2CCN(C(=O)c3ccc(OC)cc3O)CC2)cc1. The quantitative estimate of drug-likeness (QED) is 0.839. The van der Waals surface area contributed by atoms with E-state index in [9.17, 15) is 9.90 Å². The minimum atomic E-state index is -0.108. The van der Waals surface area contributed by atoms with Crippen molar-refractivity contribution in [1.29, 1.82) is 0 Å². The van der Waals surface area contributed by atoms with Crippen LogP contribution in [0.3, 0.4) is 0 Å². The highest BCUT2D eigenvalue weighted by molar-refractivity contribution is 5.97. The number of likely N-dealkylation sites (tertiary alicyclic amines) is 1. The fraction of sp³-hybridized carbons (Fsp3) is 0.409. The number of carbonyl (C=O) groups is 1. The van der Waals surface area contributed by atoms with Crippen LogP contribution in [0.1, 0.15) is 35.2 Å². The van der Waals surface area contributed by atoms with Crippen molar-refractivity contribution in [3.8, 4) is 17.2 Å². The molecule has 1 aliphatic rings. The third-order valence-electron chi connectivity index (χ3n) is 5.34. The van der Waals surface area contributed by atoms with Gasteiger partial charge in [0.15, 0.2) is 0 Å². The largest absolute Gasteiger partial charge is 0.507 e. The first-order valence-corrected chi connectivity index (χ1v) is 9.40. The summed E-state index contributed by atoms with van der Waals surface area (Å²) >= 11 is 0. The second-order valence-electron chi connectivity index (χ2n) is 7.01. The minimum Gasteiger partial charge on any atom is -0.507 e. The Balaban J connectivity index is 1.50. The molecule has 0 bridgehead atoms. The Morgan fingerprint density at radius 1 is 1.04 bits per heavy atom. The van der Waals surface area contributed by atoms with Crippen LogP contribution in [0.15, 0.2) is 42.5 Å². The molecule has 1 fully saturated rings. The average molecular weight is 369 g/mol. The average Bonchev–Trinajstić information content (AvgIpc) is 2.72. The van der Waals surface area contributed by atoms with Gasteiger partial charge in [-0.05, 0) is 61.4 Å². The van der Waals surface area contributed by atoms with E-state index in [1.807, 2.05) is 17.0 Å². The van der Waals surface area contributed by atoms with E-state index in [2.05, 4.69) is 12.1 Å². The predicted octanol–water partition coefficient (Wildman–Crippen LogP) is 3.89. The van der Waals surface area contributed by atoms with Crippen molar-refractivity contribution in [3.05, 3.63) is 53.6 Å². The summed E-state index contributed by atoms with van der Waals surface area (Å²) in [6.45, 7) is 1.47. The van der Waals surface area contributed by atoms with Gasteiger partial charge in [0, 0.05) is 19.2 Å². The van der Waals surface area contributed by atoms with Crippen LogP contribution in [-0.2, 0) is 6.42 Å². The van der Waals surface area contributed by atoms with Gasteiger partial charge >= 0.3 is 0 Å². The zero-order valence-electron chi connectivity index (χ0n) is 16.0. The fourth-order valence-corrected chi connectivity index (χ4v) is 3.58. The number of carbonyl (C=O) groups excluding carboxylic acids is 1. The summed E-state index contributed by atoms with van der Waals surface area (Å²) in [6.07, 6.45) is 4.17. The number of aromatic hydroxyl groups is 1. The van der Waals surface area contributed by atoms with Gasteiger partial charge < -0.3 is 19.5 Å². The van der Waals surface area contributed by atoms with Gasteiger partial charge in [0.05, 0.1) is 19.8 Å². The molecule has 1 N–H and O–H groups in total.